The topological polar surface area (TPSA) is 52.7 Å². The summed E-state index contributed by atoms with van der Waals surface area (Å²) in [5.41, 5.74) is 0. The van der Waals surface area contributed by atoms with Crippen molar-refractivity contribution in [3.05, 3.63) is 22.4 Å². The highest BCUT2D eigenvalue weighted by Crippen LogP contribution is 2.25. The van der Waals surface area contributed by atoms with E-state index < -0.39 is 0 Å². The fourth-order valence-corrected chi connectivity index (χ4v) is 4.42. The van der Waals surface area contributed by atoms with Gasteiger partial charge in [-0.2, -0.15) is 0 Å². The second kappa shape index (κ2) is 7.45. The van der Waals surface area contributed by atoms with Crippen LogP contribution in [0.4, 0.5) is 0 Å². The molecule has 126 valence electrons. The van der Waals surface area contributed by atoms with E-state index in [1.54, 1.807) is 4.90 Å². The zero-order chi connectivity index (χ0) is 16.2. The van der Waals surface area contributed by atoms with Gasteiger partial charge in [-0.1, -0.05) is 6.07 Å². The van der Waals surface area contributed by atoms with Gasteiger partial charge in [-0.05, 0) is 56.6 Å². The van der Waals surface area contributed by atoms with Gasteiger partial charge in [-0.3, -0.25) is 9.59 Å². The van der Waals surface area contributed by atoms with Crippen LogP contribution in [0.2, 0.25) is 0 Å². The summed E-state index contributed by atoms with van der Waals surface area (Å²) in [6.45, 7) is 3.29. The van der Waals surface area contributed by atoms with Crippen molar-refractivity contribution < 1.29 is 9.59 Å². The molecule has 5 nitrogen and oxygen atoms in total. The van der Waals surface area contributed by atoms with Crippen LogP contribution < -0.4 is 5.32 Å². The molecule has 0 radical (unpaired) electrons. The lowest BCUT2D eigenvalue weighted by atomic mass is 9.97. The highest BCUT2D eigenvalue weighted by Gasteiger charge is 2.38. The second-order valence-corrected chi connectivity index (χ2v) is 7.43. The molecular formula is C17H25N3O2S. The lowest BCUT2D eigenvalue weighted by Crippen LogP contribution is -2.51. The third kappa shape index (κ3) is 3.58. The SMILES string of the molecule is CNCC1CCCN(C(=O)C2CCCN2C(=O)c2cccs2)C1. The number of carbonyl (C=O) groups is 2. The summed E-state index contributed by atoms with van der Waals surface area (Å²) in [4.78, 5) is 30.1. The van der Waals surface area contributed by atoms with Gasteiger partial charge < -0.3 is 15.1 Å². The first kappa shape index (κ1) is 16.5. The molecule has 2 fully saturated rings. The van der Waals surface area contributed by atoms with Crippen molar-refractivity contribution >= 4 is 23.2 Å². The van der Waals surface area contributed by atoms with Crippen LogP contribution in [0, 0.1) is 5.92 Å². The fourth-order valence-electron chi connectivity index (χ4n) is 3.74. The Balaban J connectivity index is 1.67. The third-order valence-corrected chi connectivity index (χ3v) is 5.71. The Morgan fingerprint density at radius 1 is 1.30 bits per heavy atom. The van der Waals surface area contributed by atoms with E-state index in [0.717, 1.165) is 43.8 Å². The maximum atomic E-state index is 12.9. The highest BCUT2D eigenvalue weighted by atomic mass is 32.1. The molecule has 0 spiro atoms. The lowest BCUT2D eigenvalue weighted by Gasteiger charge is -2.36. The van der Waals surface area contributed by atoms with Crippen molar-refractivity contribution in [2.24, 2.45) is 5.92 Å². The molecule has 2 aliphatic heterocycles. The molecule has 0 aliphatic carbocycles. The number of hydrogen-bond donors (Lipinski definition) is 1. The number of amides is 2. The molecule has 0 aromatic carbocycles. The second-order valence-electron chi connectivity index (χ2n) is 6.48. The van der Waals surface area contributed by atoms with Gasteiger partial charge in [0.1, 0.15) is 6.04 Å². The van der Waals surface area contributed by atoms with E-state index in [0.29, 0.717) is 12.5 Å². The Bertz CT molecular complexity index is 544. The van der Waals surface area contributed by atoms with Crippen molar-refractivity contribution in [2.45, 2.75) is 31.7 Å². The molecule has 1 aromatic rings. The third-order valence-electron chi connectivity index (χ3n) is 4.85. The van der Waals surface area contributed by atoms with E-state index in [9.17, 15) is 9.59 Å². The van der Waals surface area contributed by atoms with Gasteiger partial charge in [0.2, 0.25) is 5.91 Å². The van der Waals surface area contributed by atoms with Crippen LogP contribution in [-0.4, -0.2) is 60.9 Å². The number of nitrogens with zero attached hydrogens (tertiary/aromatic N) is 2. The van der Waals surface area contributed by atoms with Crippen LogP contribution in [-0.2, 0) is 4.79 Å². The summed E-state index contributed by atoms with van der Waals surface area (Å²) in [6, 6.07) is 3.46. The minimum atomic E-state index is -0.266. The number of piperidine rings is 1. The predicted molar refractivity (Wildman–Crippen MR) is 91.6 cm³/mol. The van der Waals surface area contributed by atoms with Crippen molar-refractivity contribution in [3.63, 3.8) is 0 Å². The lowest BCUT2D eigenvalue weighted by molar-refractivity contribution is -0.137. The van der Waals surface area contributed by atoms with Crippen LogP contribution in [0.3, 0.4) is 0 Å². The molecule has 1 N–H and O–H groups in total. The molecule has 0 saturated carbocycles. The minimum absolute atomic E-state index is 0.0136. The van der Waals surface area contributed by atoms with E-state index in [1.165, 1.54) is 17.8 Å². The van der Waals surface area contributed by atoms with Crippen molar-refractivity contribution in [3.8, 4) is 0 Å². The molecule has 3 heterocycles. The molecular weight excluding hydrogens is 310 g/mol. The van der Waals surface area contributed by atoms with Crippen molar-refractivity contribution in [1.82, 2.24) is 15.1 Å². The van der Waals surface area contributed by atoms with Crippen LogP contribution in [0.1, 0.15) is 35.4 Å². The van der Waals surface area contributed by atoms with E-state index in [2.05, 4.69) is 5.32 Å². The first-order chi connectivity index (χ1) is 11.2. The zero-order valence-corrected chi connectivity index (χ0v) is 14.5. The summed E-state index contributed by atoms with van der Waals surface area (Å²) < 4.78 is 0. The maximum Gasteiger partial charge on any atom is 0.264 e. The standard InChI is InChI=1S/C17H25N3O2S/c1-18-11-13-5-2-8-19(12-13)16(21)14-6-3-9-20(14)17(22)15-7-4-10-23-15/h4,7,10,13-14,18H,2-3,5-6,8-9,11-12H2,1H3. The smallest absolute Gasteiger partial charge is 0.264 e. The number of likely N-dealkylation sites (tertiary alicyclic amines) is 2. The summed E-state index contributed by atoms with van der Waals surface area (Å²) >= 11 is 1.45. The predicted octanol–water partition coefficient (Wildman–Crippen LogP) is 1.81. The molecule has 2 aliphatic rings. The van der Waals surface area contributed by atoms with E-state index >= 15 is 0 Å². The number of hydrogen-bond acceptors (Lipinski definition) is 4. The normalized spacial score (nSPS) is 24.9. The van der Waals surface area contributed by atoms with Gasteiger partial charge in [0.05, 0.1) is 4.88 Å². The summed E-state index contributed by atoms with van der Waals surface area (Å²) in [6.07, 6.45) is 3.95. The van der Waals surface area contributed by atoms with Crippen LogP contribution in [0.5, 0.6) is 0 Å². The Labute approximate surface area is 141 Å². The van der Waals surface area contributed by atoms with Gasteiger partial charge in [0.15, 0.2) is 0 Å². The van der Waals surface area contributed by atoms with E-state index in [-0.39, 0.29) is 17.9 Å². The monoisotopic (exact) mass is 335 g/mol. The van der Waals surface area contributed by atoms with Crippen LogP contribution in [0.15, 0.2) is 17.5 Å². The molecule has 2 amide bonds. The molecule has 0 bridgehead atoms. The Hall–Kier alpha value is -1.40. The molecule has 2 saturated heterocycles. The Kier molecular flexibility index (Phi) is 5.33. The number of carbonyl (C=O) groups excluding carboxylic acids is 2. The van der Waals surface area contributed by atoms with Gasteiger partial charge in [0, 0.05) is 19.6 Å². The number of rotatable bonds is 4. The van der Waals surface area contributed by atoms with Crippen LogP contribution in [0.25, 0.3) is 0 Å². The van der Waals surface area contributed by atoms with Gasteiger partial charge >= 0.3 is 0 Å². The minimum Gasteiger partial charge on any atom is -0.341 e. The highest BCUT2D eigenvalue weighted by molar-refractivity contribution is 7.12. The molecule has 3 rings (SSSR count). The largest absolute Gasteiger partial charge is 0.341 e. The zero-order valence-electron chi connectivity index (χ0n) is 13.7. The Morgan fingerprint density at radius 3 is 2.87 bits per heavy atom. The van der Waals surface area contributed by atoms with Gasteiger partial charge in [-0.25, -0.2) is 0 Å². The van der Waals surface area contributed by atoms with Crippen molar-refractivity contribution in [1.29, 1.82) is 0 Å². The van der Waals surface area contributed by atoms with E-state index in [4.69, 9.17) is 0 Å². The summed E-state index contributed by atoms with van der Waals surface area (Å²) in [7, 11) is 1.96. The van der Waals surface area contributed by atoms with Crippen LogP contribution >= 0.6 is 11.3 Å². The molecule has 23 heavy (non-hydrogen) atoms. The quantitative estimate of drug-likeness (QED) is 0.913. The Morgan fingerprint density at radius 2 is 2.13 bits per heavy atom. The average Bonchev–Trinajstić information content (AvgIpc) is 3.25. The summed E-state index contributed by atoms with van der Waals surface area (Å²) in [5, 5.41) is 5.12. The maximum absolute atomic E-state index is 12.9. The fraction of sp³-hybridized carbons (Fsp3) is 0.647. The van der Waals surface area contributed by atoms with E-state index in [1.807, 2.05) is 29.5 Å². The first-order valence-electron chi connectivity index (χ1n) is 8.48. The number of nitrogens with one attached hydrogen (secondary N) is 1. The van der Waals surface area contributed by atoms with Gasteiger partial charge in [0.25, 0.3) is 5.91 Å². The van der Waals surface area contributed by atoms with Crippen molar-refractivity contribution in [2.75, 3.05) is 33.2 Å². The average molecular weight is 335 g/mol. The molecule has 2 atom stereocenters. The molecule has 6 heteroatoms. The summed E-state index contributed by atoms with van der Waals surface area (Å²) in [5.74, 6) is 0.688. The molecule has 1 aromatic heterocycles. The first-order valence-corrected chi connectivity index (χ1v) is 9.36. The van der Waals surface area contributed by atoms with Gasteiger partial charge in [-0.15, -0.1) is 11.3 Å². The molecule has 2 unspecified atom stereocenters. The number of thiophene rings is 1.